The van der Waals surface area contributed by atoms with Crippen LogP contribution in [0.5, 0.6) is 0 Å². The minimum Gasteiger partial charge on any atom is -0.459 e. The molecule has 5 nitrogen and oxygen atoms in total. The maximum Gasteiger partial charge on any atom is 0.333 e. The van der Waals surface area contributed by atoms with E-state index in [1.165, 1.54) is 0 Å². The van der Waals surface area contributed by atoms with Crippen LogP contribution in [0.4, 0.5) is 0 Å². The fourth-order valence-electron chi connectivity index (χ4n) is 1.12. The summed E-state index contributed by atoms with van der Waals surface area (Å²) >= 11 is 0. The molecule has 0 aliphatic rings. The van der Waals surface area contributed by atoms with Crippen molar-refractivity contribution in [3.8, 4) is 0 Å². The van der Waals surface area contributed by atoms with E-state index in [1.54, 1.807) is 6.92 Å². The zero-order chi connectivity index (χ0) is 15.6. The quantitative estimate of drug-likeness (QED) is 0.251. The van der Waals surface area contributed by atoms with Gasteiger partial charge in [0.05, 0.1) is 6.61 Å². The molecule has 1 unspecified atom stereocenters. The van der Waals surface area contributed by atoms with Gasteiger partial charge in [-0.15, -0.1) is 0 Å². The van der Waals surface area contributed by atoms with E-state index >= 15 is 0 Å². The summed E-state index contributed by atoms with van der Waals surface area (Å²) in [6.45, 7) is 14.8. The topological polar surface area (TPSA) is 54.0 Å². The van der Waals surface area contributed by atoms with Crippen LogP contribution in [0.15, 0.2) is 12.2 Å². The Morgan fingerprint density at radius 3 is 2.45 bits per heavy atom. The van der Waals surface area contributed by atoms with Crippen LogP contribution in [-0.4, -0.2) is 50.2 Å². The van der Waals surface area contributed by atoms with Crippen LogP contribution in [0.2, 0.25) is 19.6 Å². The first-order valence-electron chi connectivity index (χ1n) is 6.92. The fourth-order valence-corrected chi connectivity index (χ4v) is 3.23. The number of hydrogen-bond acceptors (Lipinski definition) is 5. The molecule has 0 heterocycles. The van der Waals surface area contributed by atoms with Crippen molar-refractivity contribution in [2.24, 2.45) is 0 Å². The second-order valence-electron chi connectivity index (χ2n) is 5.62. The first-order chi connectivity index (χ1) is 9.26. The van der Waals surface area contributed by atoms with Crippen LogP contribution in [0, 0.1) is 0 Å². The Labute approximate surface area is 125 Å². The highest BCUT2D eigenvalue weighted by molar-refractivity contribution is 6.73. The van der Waals surface area contributed by atoms with Crippen molar-refractivity contribution in [2.75, 3.05) is 19.8 Å². The second-order valence-corrected chi connectivity index (χ2v) is 11.6. The van der Waals surface area contributed by atoms with Gasteiger partial charge in [0.25, 0.3) is 10.0 Å². The average molecular weight is 321 g/mol. The summed E-state index contributed by atoms with van der Waals surface area (Å²) in [5.74, 6) is -0.398. The van der Waals surface area contributed by atoms with Crippen LogP contribution in [0.3, 0.4) is 0 Å². The summed E-state index contributed by atoms with van der Waals surface area (Å²) < 4.78 is 22.0. The van der Waals surface area contributed by atoms with Crippen molar-refractivity contribution in [3.63, 3.8) is 0 Å². The van der Waals surface area contributed by atoms with Gasteiger partial charge in [0, 0.05) is 12.2 Å². The molecule has 0 saturated carbocycles. The van der Waals surface area contributed by atoms with Gasteiger partial charge in [0.15, 0.2) is 8.32 Å². The Bertz CT molecular complexity index is 302. The lowest BCUT2D eigenvalue weighted by molar-refractivity contribution is -0.144. The van der Waals surface area contributed by atoms with Crippen molar-refractivity contribution >= 4 is 24.3 Å². The Kier molecular flexibility index (Phi) is 10.0. The van der Waals surface area contributed by atoms with E-state index in [4.69, 9.17) is 18.0 Å². The molecule has 7 heteroatoms. The highest BCUT2D eigenvalue weighted by Gasteiger charge is 2.16. The van der Waals surface area contributed by atoms with E-state index in [-0.39, 0.29) is 12.7 Å². The normalized spacial score (nSPS) is 13.7. The predicted molar refractivity (Wildman–Crippen MR) is 84.7 cm³/mol. The molecule has 20 heavy (non-hydrogen) atoms. The lowest BCUT2D eigenvalue weighted by Gasteiger charge is -2.20. The van der Waals surface area contributed by atoms with Crippen LogP contribution in [0.25, 0.3) is 0 Å². The maximum absolute atomic E-state index is 11.4. The molecule has 0 aliphatic heterocycles. The molecule has 0 fully saturated rings. The average Bonchev–Trinajstić information content (AvgIpc) is 2.34. The smallest absolute Gasteiger partial charge is 0.333 e. The third-order valence-electron chi connectivity index (χ3n) is 2.19. The highest BCUT2D eigenvalue weighted by atomic mass is 28.4. The van der Waals surface area contributed by atoms with Gasteiger partial charge in [0.2, 0.25) is 0 Å². The Morgan fingerprint density at radius 1 is 1.30 bits per heavy atom. The molecule has 0 spiro atoms. The van der Waals surface area contributed by atoms with Gasteiger partial charge >= 0.3 is 5.97 Å². The molecule has 118 valence electrons. The highest BCUT2D eigenvalue weighted by Crippen LogP contribution is 2.03. The fraction of sp³-hybridized carbons (Fsp3) is 0.769. The first kappa shape index (κ1) is 19.5. The van der Waals surface area contributed by atoms with Gasteiger partial charge in [-0.3, -0.25) is 0 Å². The molecular formula is C13H28O5Si2. The zero-order valence-electron chi connectivity index (χ0n) is 13.4. The first-order valence-corrected chi connectivity index (χ1v) is 11.5. The molecule has 0 rings (SSSR count). The second kappa shape index (κ2) is 10.3. The summed E-state index contributed by atoms with van der Waals surface area (Å²) in [7, 11) is -2.49. The number of carbonyl (C=O) groups excluding carboxylic acids is 1. The molecule has 0 saturated heterocycles. The predicted octanol–water partition coefficient (Wildman–Crippen LogP) is 1.77. The molecule has 1 atom stereocenters. The van der Waals surface area contributed by atoms with Crippen LogP contribution in [0.1, 0.15) is 20.3 Å². The number of ether oxygens (including phenoxy) is 2. The Hall–Kier alpha value is -0.476. The molecule has 0 aliphatic carbocycles. The van der Waals surface area contributed by atoms with Crippen LogP contribution >= 0.6 is 0 Å². The summed E-state index contributed by atoms with van der Waals surface area (Å²) in [5, 5.41) is 0. The largest absolute Gasteiger partial charge is 0.459 e. The van der Waals surface area contributed by atoms with Crippen molar-refractivity contribution in [1.82, 2.24) is 0 Å². The van der Waals surface area contributed by atoms with Crippen molar-refractivity contribution in [1.29, 1.82) is 0 Å². The number of carbonyl (C=O) groups is 1. The van der Waals surface area contributed by atoms with Gasteiger partial charge in [-0.25, -0.2) is 4.79 Å². The zero-order valence-corrected chi connectivity index (χ0v) is 15.8. The number of esters is 1. The van der Waals surface area contributed by atoms with Gasteiger partial charge < -0.3 is 18.0 Å². The maximum atomic E-state index is 11.4. The van der Waals surface area contributed by atoms with Gasteiger partial charge in [0.1, 0.15) is 12.7 Å². The molecule has 0 aromatic carbocycles. The number of hydrogen-bond donors (Lipinski definition) is 0. The Balaban J connectivity index is 4.01. The Morgan fingerprint density at radius 2 is 1.95 bits per heavy atom. The van der Waals surface area contributed by atoms with E-state index in [9.17, 15) is 4.79 Å². The summed E-state index contributed by atoms with van der Waals surface area (Å²) in [4.78, 5) is 11.4. The van der Waals surface area contributed by atoms with E-state index in [1.807, 2.05) is 6.92 Å². The lowest BCUT2D eigenvalue weighted by Crippen LogP contribution is -2.32. The minimum absolute atomic E-state index is 0.188. The van der Waals surface area contributed by atoms with E-state index in [2.05, 4.69) is 26.2 Å². The monoisotopic (exact) mass is 320 g/mol. The van der Waals surface area contributed by atoms with Gasteiger partial charge in [-0.2, -0.15) is 0 Å². The summed E-state index contributed by atoms with van der Waals surface area (Å²) in [6.07, 6.45) is 0.671. The third kappa shape index (κ3) is 11.4. The SMILES string of the molecule is C=C(C)C(=O)OCC(CO[SiH2]O[Si](C)(C)C)OCCC. The molecule has 0 aromatic heterocycles. The molecular weight excluding hydrogens is 292 g/mol. The van der Waals surface area contributed by atoms with Crippen molar-refractivity contribution in [3.05, 3.63) is 12.2 Å². The van der Waals surface area contributed by atoms with E-state index < -0.39 is 24.3 Å². The summed E-state index contributed by atoms with van der Waals surface area (Å²) in [6, 6.07) is 0. The molecule has 0 aromatic rings. The van der Waals surface area contributed by atoms with Crippen LogP contribution in [-0.2, 0) is 22.8 Å². The number of rotatable bonds is 11. The summed E-state index contributed by atoms with van der Waals surface area (Å²) in [5.41, 5.74) is 0.386. The van der Waals surface area contributed by atoms with E-state index in [0.29, 0.717) is 18.8 Å². The molecule has 0 radical (unpaired) electrons. The molecule has 0 bridgehead atoms. The van der Waals surface area contributed by atoms with Crippen LogP contribution < -0.4 is 0 Å². The molecule has 0 N–H and O–H groups in total. The van der Waals surface area contributed by atoms with Crippen molar-refractivity contribution in [2.45, 2.75) is 46.0 Å². The molecule has 0 amide bonds. The van der Waals surface area contributed by atoms with Gasteiger partial charge in [-0.05, 0) is 33.0 Å². The van der Waals surface area contributed by atoms with Crippen molar-refractivity contribution < 1.29 is 22.8 Å². The van der Waals surface area contributed by atoms with E-state index in [0.717, 1.165) is 6.42 Å². The third-order valence-corrected chi connectivity index (χ3v) is 6.52. The van der Waals surface area contributed by atoms with Gasteiger partial charge in [-0.1, -0.05) is 13.5 Å². The minimum atomic E-state index is -1.51. The lowest BCUT2D eigenvalue weighted by atomic mass is 10.3. The standard InChI is InChI=1S/C13H28O5Si2/c1-7-8-15-12(9-16-13(14)11(2)3)10-17-19-18-20(4,5)6/h12H,2,7-10,19H2,1,3-6H3.